The van der Waals surface area contributed by atoms with Gasteiger partial charge in [-0.15, -0.1) is 11.8 Å². The first-order valence-corrected chi connectivity index (χ1v) is 11.9. The Kier molecular flexibility index (Phi) is 7.97. The van der Waals surface area contributed by atoms with Gasteiger partial charge in [0, 0.05) is 4.90 Å². The van der Waals surface area contributed by atoms with Gasteiger partial charge in [0.1, 0.15) is 0 Å². The zero-order valence-electron chi connectivity index (χ0n) is 18.8. The topological polar surface area (TPSA) is 37.3 Å². The molecular formula is C28H32O2S. The molecule has 162 valence electrons. The van der Waals surface area contributed by atoms with Crippen LogP contribution in [-0.4, -0.2) is 11.1 Å². The van der Waals surface area contributed by atoms with Crippen LogP contribution in [0.25, 0.3) is 0 Å². The van der Waals surface area contributed by atoms with E-state index in [0.29, 0.717) is 17.4 Å². The molecule has 0 aliphatic heterocycles. The number of rotatable bonds is 9. The summed E-state index contributed by atoms with van der Waals surface area (Å²) in [6, 6.07) is 25.0. The molecule has 0 fully saturated rings. The van der Waals surface area contributed by atoms with Crippen molar-refractivity contribution in [3.8, 4) is 0 Å². The van der Waals surface area contributed by atoms with Gasteiger partial charge in [0.15, 0.2) is 0 Å². The van der Waals surface area contributed by atoms with E-state index in [1.54, 1.807) is 23.9 Å². The Balaban J connectivity index is 1.93. The van der Waals surface area contributed by atoms with Gasteiger partial charge >= 0.3 is 5.97 Å². The Morgan fingerprint density at radius 2 is 1.26 bits per heavy atom. The summed E-state index contributed by atoms with van der Waals surface area (Å²) in [5.41, 5.74) is 5.48. The zero-order valence-corrected chi connectivity index (χ0v) is 19.7. The standard InChI is InChI=1S/C28H32O2S/c1-19(2)16-21-8-12-23(13-9-21)27(24-14-10-22(11-15-24)17-20(3)4)31-26-7-5-6-25(18-26)28(29)30/h5-15,18-20,27H,16-17H2,1-4H3,(H,29,30). The molecule has 0 heterocycles. The Morgan fingerprint density at radius 3 is 1.68 bits per heavy atom. The third kappa shape index (κ3) is 6.73. The summed E-state index contributed by atoms with van der Waals surface area (Å²) in [5.74, 6) is 0.363. The first kappa shape index (κ1) is 23.1. The van der Waals surface area contributed by atoms with E-state index in [1.807, 2.05) is 12.1 Å². The highest BCUT2D eigenvalue weighted by molar-refractivity contribution is 7.99. The minimum atomic E-state index is -0.893. The quantitative estimate of drug-likeness (QED) is 0.353. The molecule has 2 nitrogen and oxygen atoms in total. The lowest BCUT2D eigenvalue weighted by molar-refractivity contribution is 0.0696. The number of carboxylic acids is 1. The van der Waals surface area contributed by atoms with E-state index in [9.17, 15) is 9.90 Å². The maximum atomic E-state index is 11.4. The normalized spacial score (nSPS) is 11.5. The Bertz CT molecular complexity index is 935. The predicted molar refractivity (Wildman–Crippen MR) is 131 cm³/mol. The maximum absolute atomic E-state index is 11.4. The molecule has 3 aromatic carbocycles. The summed E-state index contributed by atoms with van der Waals surface area (Å²) < 4.78 is 0. The smallest absolute Gasteiger partial charge is 0.335 e. The lowest BCUT2D eigenvalue weighted by Gasteiger charge is -2.19. The van der Waals surface area contributed by atoms with E-state index in [2.05, 4.69) is 76.2 Å². The maximum Gasteiger partial charge on any atom is 0.335 e. The van der Waals surface area contributed by atoms with Crippen LogP contribution in [-0.2, 0) is 12.8 Å². The molecule has 0 unspecified atom stereocenters. The van der Waals surface area contributed by atoms with Gasteiger partial charge in [-0.1, -0.05) is 82.3 Å². The fourth-order valence-electron chi connectivity index (χ4n) is 3.77. The molecule has 3 rings (SSSR count). The average molecular weight is 433 g/mol. The lowest BCUT2D eigenvalue weighted by Crippen LogP contribution is -2.01. The largest absolute Gasteiger partial charge is 0.478 e. The molecule has 0 saturated heterocycles. The monoisotopic (exact) mass is 432 g/mol. The highest BCUT2D eigenvalue weighted by Crippen LogP contribution is 2.41. The van der Waals surface area contributed by atoms with Gasteiger partial charge < -0.3 is 5.11 Å². The molecular weight excluding hydrogens is 400 g/mol. The third-order valence-corrected chi connectivity index (χ3v) is 6.49. The number of aromatic carboxylic acids is 1. The molecule has 31 heavy (non-hydrogen) atoms. The van der Waals surface area contributed by atoms with Crippen molar-refractivity contribution in [3.63, 3.8) is 0 Å². The van der Waals surface area contributed by atoms with Crippen molar-refractivity contribution in [1.82, 2.24) is 0 Å². The van der Waals surface area contributed by atoms with Crippen molar-refractivity contribution in [2.75, 3.05) is 0 Å². The number of hydrogen-bond donors (Lipinski definition) is 1. The molecule has 3 aromatic rings. The van der Waals surface area contributed by atoms with Crippen LogP contribution in [0.3, 0.4) is 0 Å². The summed E-state index contributed by atoms with van der Waals surface area (Å²) in [4.78, 5) is 12.4. The number of thioether (sulfide) groups is 1. The minimum Gasteiger partial charge on any atom is -0.478 e. The number of benzene rings is 3. The molecule has 1 N–H and O–H groups in total. The second-order valence-corrected chi connectivity index (χ2v) is 10.2. The SMILES string of the molecule is CC(C)Cc1ccc(C(Sc2cccc(C(=O)O)c2)c2ccc(CC(C)C)cc2)cc1. The van der Waals surface area contributed by atoms with Gasteiger partial charge in [0.05, 0.1) is 10.8 Å². The first-order chi connectivity index (χ1) is 14.8. The summed E-state index contributed by atoms with van der Waals surface area (Å²) in [5, 5.41) is 9.48. The van der Waals surface area contributed by atoms with E-state index >= 15 is 0 Å². The van der Waals surface area contributed by atoms with Crippen molar-refractivity contribution in [2.45, 2.75) is 50.7 Å². The Morgan fingerprint density at radius 1 is 0.774 bits per heavy atom. The van der Waals surface area contributed by atoms with E-state index in [4.69, 9.17) is 0 Å². The summed E-state index contributed by atoms with van der Waals surface area (Å²) in [6.07, 6.45) is 2.14. The molecule has 0 aliphatic carbocycles. The van der Waals surface area contributed by atoms with Gasteiger partial charge in [-0.05, 0) is 65.1 Å². The van der Waals surface area contributed by atoms with Gasteiger partial charge in [-0.3, -0.25) is 0 Å². The van der Waals surface area contributed by atoms with Crippen molar-refractivity contribution in [2.24, 2.45) is 11.8 Å². The Labute approximate surface area is 190 Å². The van der Waals surface area contributed by atoms with Gasteiger partial charge in [0.2, 0.25) is 0 Å². The first-order valence-electron chi connectivity index (χ1n) is 11.0. The summed E-state index contributed by atoms with van der Waals surface area (Å²) >= 11 is 1.70. The van der Waals surface area contributed by atoms with Crippen LogP contribution < -0.4 is 0 Å². The molecule has 0 spiro atoms. The molecule has 0 radical (unpaired) electrons. The Hall–Kier alpha value is -2.52. The van der Waals surface area contributed by atoms with E-state index in [1.165, 1.54) is 22.3 Å². The third-order valence-electron chi connectivity index (χ3n) is 5.19. The summed E-state index contributed by atoms with van der Waals surface area (Å²) in [6.45, 7) is 8.95. The van der Waals surface area contributed by atoms with E-state index < -0.39 is 5.97 Å². The molecule has 0 amide bonds. The van der Waals surface area contributed by atoms with Crippen LogP contribution >= 0.6 is 11.8 Å². The van der Waals surface area contributed by atoms with Gasteiger partial charge in [-0.2, -0.15) is 0 Å². The number of carboxylic acid groups (broad SMARTS) is 1. The molecule has 0 aromatic heterocycles. The molecule has 0 saturated carbocycles. The molecule has 0 aliphatic rings. The second kappa shape index (κ2) is 10.7. The van der Waals surface area contributed by atoms with Crippen LogP contribution in [0, 0.1) is 11.8 Å². The number of carbonyl (C=O) groups is 1. The highest BCUT2D eigenvalue weighted by atomic mass is 32.2. The predicted octanol–water partition coefficient (Wildman–Crippen LogP) is 7.66. The molecule has 0 atom stereocenters. The van der Waals surface area contributed by atoms with Crippen molar-refractivity contribution in [3.05, 3.63) is 101 Å². The van der Waals surface area contributed by atoms with Crippen molar-refractivity contribution in [1.29, 1.82) is 0 Å². The van der Waals surface area contributed by atoms with E-state index in [-0.39, 0.29) is 5.25 Å². The zero-order chi connectivity index (χ0) is 22.4. The van der Waals surface area contributed by atoms with Crippen LogP contribution in [0.1, 0.15) is 65.6 Å². The lowest BCUT2D eigenvalue weighted by atomic mass is 9.97. The highest BCUT2D eigenvalue weighted by Gasteiger charge is 2.17. The fourth-order valence-corrected chi connectivity index (χ4v) is 4.98. The second-order valence-electron chi connectivity index (χ2n) is 9.01. The minimum absolute atomic E-state index is 0.102. The van der Waals surface area contributed by atoms with Crippen LogP contribution in [0.15, 0.2) is 77.7 Å². The van der Waals surface area contributed by atoms with Crippen LogP contribution in [0.4, 0.5) is 0 Å². The van der Waals surface area contributed by atoms with Crippen molar-refractivity contribution >= 4 is 17.7 Å². The molecule has 3 heteroatoms. The van der Waals surface area contributed by atoms with E-state index in [0.717, 1.165) is 17.7 Å². The fraction of sp³-hybridized carbons (Fsp3) is 0.321. The van der Waals surface area contributed by atoms with Crippen LogP contribution in [0.5, 0.6) is 0 Å². The van der Waals surface area contributed by atoms with Crippen LogP contribution in [0.2, 0.25) is 0 Å². The van der Waals surface area contributed by atoms with Gasteiger partial charge in [-0.25, -0.2) is 4.79 Å². The van der Waals surface area contributed by atoms with Crippen molar-refractivity contribution < 1.29 is 9.90 Å². The average Bonchev–Trinajstić information content (AvgIpc) is 2.73. The summed E-state index contributed by atoms with van der Waals surface area (Å²) in [7, 11) is 0. The molecule has 0 bridgehead atoms. The van der Waals surface area contributed by atoms with Gasteiger partial charge in [0.25, 0.3) is 0 Å². The number of hydrogen-bond acceptors (Lipinski definition) is 2.